The number of nitrogens with zero attached hydrogens (tertiary/aromatic N) is 1. The van der Waals surface area contributed by atoms with Crippen LogP contribution in [0, 0.1) is 5.92 Å². The molecule has 1 aliphatic carbocycles. The molecule has 4 unspecified atom stereocenters. The normalized spacial score (nSPS) is 37.2. The maximum Gasteiger partial charge on any atom is 0.238 e. The third kappa shape index (κ3) is 3.23. The number of amides is 1. The molecule has 0 aromatic carbocycles. The number of hydrogen-bond acceptors (Lipinski definition) is 5. The van der Waals surface area contributed by atoms with Gasteiger partial charge in [-0.15, -0.1) is 0 Å². The molecular formula is C15H29N3O3. The lowest BCUT2D eigenvalue weighted by Gasteiger charge is -2.33. The van der Waals surface area contributed by atoms with E-state index in [1.54, 1.807) is 14.2 Å². The van der Waals surface area contributed by atoms with Crippen molar-refractivity contribution < 1.29 is 14.3 Å². The summed E-state index contributed by atoms with van der Waals surface area (Å²) in [5.74, 6) is 0.112. The molecule has 6 heteroatoms. The molecular weight excluding hydrogens is 270 g/mol. The lowest BCUT2D eigenvalue weighted by atomic mass is 9.84. The number of primary amides is 1. The molecule has 0 bridgehead atoms. The largest absolute Gasteiger partial charge is 0.377 e. The van der Waals surface area contributed by atoms with E-state index in [9.17, 15) is 4.79 Å². The standard InChI is InChI=1S/C15H29N3O3/c1-17-15(14(16)19)7-4-5-11(15)6-8-18-9-12(20-2)13(10-18)21-3/h11-13,17H,4-10H2,1-3H3,(H2,16,19). The Kier molecular flexibility index (Phi) is 5.60. The van der Waals surface area contributed by atoms with E-state index in [0.29, 0.717) is 5.92 Å². The highest BCUT2D eigenvalue weighted by Crippen LogP contribution is 2.38. The maximum atomic E-state index is 11.9. The minimum atomic E-state index is -0.513. The number of hydrogen-bond donors (Lipinski definition) is 2. The first kappa shape index (κ1) is 16.7. The van der Waals surface area contributed by atoms with Crippen molar-refractivity contribution in [2.75, 3.05) is 40.9 Å². The predicted octanol–water partition coefficient (Wildman–Crippen LogP) is -0.0343. The summed E-state index contributed by atoms with van der Waals surface area (Å²) in [6.07, 6.45) is 4.25. The summed E-state index contributed by atoms with van der Waals surface area (Å²) < 4.78 is 10.9. The van der Waals surface area contributed by atoms with Crippen LogP contribution >= 0.6 is 0 Å². The molecule has 21 heavy (non-hydrogen) atoms. The molecule has 0 aromatic heterocycles. The Morgan fingerprint density at radius 2 is 1.95 bits per heavy atom. The highest BCUT2D eigenvalue weighted by atomic mass is 16.5. The molecule has 1 heterocycles. The summed E-state index contributed by atoms with van der Waals surface area (Å²) in [6, 6.07) is 0. The number of nitrogens with one attached hydrogen (secondary N) is 1. The van der Waals surface area contributed by atoms with E-state index < -0.39 is 5.54 Å². The molecule has 6 nitrogen and oxygen atoms in total. The molecule has 2 fully saturated rings. The summed E-state index contributed by atoms with van der Waals surface area (Å²) in [7, 11) is 5.31. The Hall–Kier alpha value is -0.690. The average molecular weight is 299 g/mol. The quantitative estimate of drug-likeness (QED) is 0.690. The Labute approximate surface area is 127 Å². The van der Waals surface area contributed by atoms with Gasteiger partial charge in [0, 0.05) is 27.3 Å². The number of nitrogens with two attached hydrogens (primary N) is 1. The van der Waals surface area contributed by atoms with Crippen LogP contribution in [0.2, 0.25) is 0 Å². The van der Waals surface area contributed by atoms with Gasteiger partial charge in [0.2, 0.25) is 5.91 Å². The van der Waals surface area contributed by atoms with Crippen LogP contribution in [0.15, 0.2) is 0 Å². The number of rotatable bonds is 7. The van der Waals surface area contributed by atoms with Crippen molar-refractivity contribution in [2.45, 2.75) is 43.4 Å². The van der Waals surface area contributed by atoms with Gasteiger partial charge in [-0.05, 0) is 38.8 Å². The Bertz CT molecular complexity index is 354. The van der Waals surface area contributed by atoms with Gasteiger partial charge < -0.3 is 20.5 Å². The topological polar surface area (TPSA) is 76.8 Å². The summed E-state index contributed by atoms with van der Waals surface area (Å²) in [5.41, 5.74) is 5.14. The zero-order valence-corrected chi connectivity index (χ0v) is 13.4. The summed E-state index contributed by atoms with van der Waals surface area (Å²) in [6.45, 7) is 2.75. The number of methoxy groups -OCH3 is 2. The van der Waals surface area contributed by atoms with Gasteiger partial charge >= 0.3 is 0 Å². The van der Waals surface area contributed by atoms with Crippen LogP contribution < -0.4 is 11.1 Å². The Morgan fingerprint density at radius 1 is 1.33 bits per heavy atom. The zero-order valence-electron chi connectivity index (χ0n) is 13.4. The highest BCUT2D eigenvalue weighted by molar-refractivity contribution is 5.85. The van der Waals surface area contributed by atoms with Crippen LogP contribution in [0.25, 0.3) is 0 Å². The van der Waals surface area contributed by atoms with Crippen molar-refractivity contribution in [3.8, 4) is 0 Å². The molecule has 1 saturated carbocycles. The van der Waals surface area contributed by atoms with Crippen molar-refractivity contribution in [1.82, 2.24) is 10.2 Å². The van der Waals surface area contributed by atoms with E-state index in [4.69, 9.17) is 15.2 Å². The zero-order chi connectivity index (χ0) is 15.5. The predicted molar refractivity (Wildman–Crippen MR) is 81.0 cm³/mol. The van der Waals surface area contributed by atoms with E-state index in [1.165, 1.54) is 0 Å². The molecule has 122 valence electrons. The molecule has 2 rings (SSSR count). The van der Waals surface area contributed by atoms with E-state index >= 15 is 0 Å². The fraction of sp³-hybridized carbons (Fsp3) is 0.933. The van der Waals surface area contributed by atoms with Crippen LogP contribution in [-0.2, 0) is 14.3 Å². The van der Waals surface area contributed by atoms with E-state index in [-0.39, 0.29) is 18.1 Å². The minimum Gasteiger partial charge on any atom is -0.377 e. The first-order valence-corrected chi connectivity index (χ1v) is 7.84. The minimum absolute atomic E-state index is 0.142. The van der Waals surface area contributed by atoms with Crippen molar-refractivity contribution in [3.05, 3.63) is 0 Å². The third-order valence-electron chi connectivity index (χ3n) is 5.40. The second-order valence-electron chi connectivity index (χ2n) is 6.27. The van der Waals surface area contributed by atoms with Gasteiger partial charge in [0.15, 0.2) is 0 Å². The summed E-state index contributed by atoms with van der Waals surface area (Å²) >= 11 is 0. The Morgan fingerprint density at radius 3 is 2.43 bits per heavy atom. The number of likely N-dealkylation sites (tertiary alicyclic amines) is 1. The van der Waals surface area contributed by atoms with Gasteiger partial charge in [0.1, 0.15) is 5.54 Å². The number of carbonyl (C=O) groups excluding carboxylic acids is 1. The molecule has 0 spiro atoms. The van der Waals surface area contributed by atoms with Gasteiger partial charge in [0.25, 0.3) is 0 Å². The second kappa shape index (κ2) is 7.05. The van der Waals surface area contributed by atoms with Crippen molar-refractivity contribution in [2.24, 2.45) is 11.7 Å². The first-order chi connectivity index (χ1) is 10.1. The van der Waals surface area contributed by atoms with Crippen LogP contribution in [0.4, 0.5) is 0 Å². The van der Waals surface area contributed by atoms with Crippen LogP contribution in [0.5, 0.6) is 0 Å². The highest BCUT2D eigenvalue weighted by Gasteiger charge is 2.46. The lowest BCUT2D eigenvalue weighted by Crippen LogP contribution is -2.56. The number of ether oxygens (including phenoxy) is 2. The van der Waals surface area contributed by atoms with Gasteiger partial charge in [-0.1, -0.05) is 6.42 Å². The molecule has 4 atom stereocenters. The van der Waals surface area contributed by atoms with Crippen molar-refractivity contribution >= 4 is 5.91 Å². The third-order valence-corrected chi connectivity index (χ3v) is 5.40. The summed E-state index contributed by atoms with van der Waals surface area (Å²) in [4.78, 5) is 14.2. The van der Waals surface area contributed by atoms with E-state index in [0.717, 1.165) is 45.3 Å². The molecule has 2 aliphatic rings. The first-order valence-electron chi connectivity index (χ1n) is 7.84. The SMILES string of the molecule is CNC1(C(N)=O)CCCC1CCN1CC(OC)C(OC)C1. The van der Waals surface area contributed by atoms with Crippen LogP contribution in [-0.4, -0.2) is 69.5 Å². The van der Waals surface area contributed by atoms with Crippen molar-refractivity contribution in [1.29, 1.82) is 0 Å². The fourth-order valence-corrected chi connectivity index (χ4v) is 4.04. The van der Waals surface area contributed by atoms with Gasteiger partial charge in [-0.25, -0.2) is 0 Å². The Balaban J connectivity index is 1.90. The molecule has 0 radical (unpaired) electrons. The second-order valence-corrected chi connectivity index (χ2v) is 6.27. The van der Waals surface area contributed by atoms with Gasteiger partial charge in [-0.2, -0.15) is 0 Å². The van der Waals surface area contributed by atoms with Gasteiger partial charge in [0.05, 0.1) is 12.2 Å². The lowest BCUT2D eigenvalue weighted by molar-refractivity contribution is -0.125. The molecule has 1 amide bonds. The number of carbonyl (C=O) groups is 1. The summed E-state index contributed by atoms with van der Waals surface area (Å²) in [5, 5.41) is 3.20. The van der Waals surface area contributed by atoms with E-state index in [1.807, 2.05) is 7.05 Å². The maximum absolute atomic E-state index is 11.9. The number of likely N-dealkylation sites (N-methyl/N-ethyl adjacent to an activating group) is 1. The smallest absolute Gasteiger partial charge is 0.238 e. The van der Waals surface area contributed by atoms with Gasteiger partial charge in [-0.3, -0.25) is 9.69 Å². The molecule has 0 aromatic rings. The van der Waals surface area contributed by atoms with Crippen LogP contribution in [0.1, 0.15) is 25.7 Å². The molecule has 1 aliphatic heterocycles. The van der Waals surface area contributed by atoms with E-state index in [2.05, 4.69) is 10.2 Å². The monoisotopic (exact) mass is 299 g/mol. The van der Waals surface area contributed by atoms with Crippen LogP contribution in [0.3, 0.4) is 0 Å². The average Bonchev–Trinajstić information content (AvgIpc) is 3.08. The fourth-order valence-electron chi connectivity index (χ4n) is 4.04. The van der Waals surface area contributed by atoms with Crippen molar-refractivity contribution in [3.63, 3.8) is 0 Å². The molecule has 1 saturated heterocycles. The molecule has 3 N–H and O–H groups in total.